The summed E-state index contributed by atoms with van der Waals surface area (Å²) >= 11 is 3.50. The van der Waals surface area contributed by atoms with Crippen molar-refractivity contribution in [3.63, 3.8) is 0 Å². The fraction of sp³-hybridized carbons (Fsp3) is 0.0526. The molecular formula is C19H13IN2O3S. The van der Waals surface area contributed by atoms with E-state index in [9.17, 15) is 4.79 Å². The van der Waals surface area contributed by atoms with Crippen molar-refractivity contribution in [1.29, 1.82) is 0 Å². The Morgan fingerprint density at radius 1 is 1.23 bits per heavy atom. The number of benzene rings is 2. The number of hydrogen-bond donors (Lipinski definition) is 1. The van der Waals surface area contributed by atoms with Crippen molar-refractivity contribution in [3.8, 4) is 17.2 Å². The van der Waals surface area contributed by atoms with E-state index >= 15 is 0 Å². The summed E-state index contributed by atoms with van der Waals surface area (Å²) in [5, 5.41) is 6.17. The van der Waals surface area contributed by atoms with Crippen LogP contribution in [0, 0.1) is 3.57 Å². The molecular weight excluding hydrogens is 463 g/mol. The van der Waals surface area contributed by atoms with Crippen LogP contribution >= 0.6 is 33.9 Å². The summed E-state index contributed by atoms with van der Waals surface area (Å²) in [6.45, 7) is 0. The number of carbonyl (C=O) groups is 1. The molecule has 0 saturated heterocycles. The molecule has 7 heteroatoms. The summed E-state index contributed by atoms with van der Waals surface area (Å²) < 4.78 is 12.1. The second-order valence-corrected chi connectivity index (χ2v) is 7.48. The SMILES string of the molecule is COc1cccc2cc(-c3csc(NC(=O)c4ccccc4I)n3)oc12. The van der Waals surface area contributed by atoms with Crippen LogP contribution in [0.5, 0.6) is 5.75 Å². The second-order valence-electron chi connectivity index (χ2n) is 5.46. The molecule has 0 spiro atoms. The maximum absolute atomic E-state index is 12.4. The maximum Gasteiger partial charge on any atom is 0.258 e. The van der Waals surface area contributed by atoms with Gasteiger partial charge in [-0.25, -0.2) is 4.98 Å². The van der Waals surface area contributed by atoms with Gasteiger partial charge in [-0.3, -0.25) is 10.1 Å². The number of fused-ring (bicyclic) bond motifs is 1. The van der Waals surface area contributed by atoms with E-state index in [0.29, 0.717) is 33.5 Å². The van der Waals surface area contributed by atoms with Crippen molar-refractivity contribution < 1.29 is 13.9 Å². The van der Waals surface area contributed by atoms with Crippen LogP contribution in [0.3, 0.4) is 0 Å². The summed E-state index contributed by atoms with van der Waals surface area (Å²) in [5.41, 5.74) is 1.98. The van der Waals surface area contributed by atoms with Crippen LogP contribution in [-0.2, 0) is 0 Å². The summed E-state index contributed by atoms with van der Waals surface area (Å²) in [7, 11) is 1.61. The van der Waals surface area contributed by atoms with Crippen LogP contribution in [0.2, 0.25) is 0 Å². The van der Waals surface area contributed by atoms with Gasteiger partial charge < -0.3 is 9.15 Å². The molecule has 0 fully saturated rings. The molecule has 2 aromatic heterocycles. The molecule has 0 saturated carbocycles. The lowest BCUT2D eigenvalue weighted by Crippen LogP contribution is -2.13. The molecule has 0 aliphatic rings. The number of nitrogens with one attached hydrogen (secondary N) is 1. The van der Waals surface area contributed by atoms with Gasteiger partial charge in [-0.15, -0.1) is 11.3 Å². The molecule has 1 amide bonds. The number of halogens is 1. The summed E-state index contributed by atoms with van der Waals surface area (Å²) in [4.78, 5) is 16.9. The van der Waals surface area contributed by atoms with E-state index < -0.39 is 0 Å². The highest BCUT2D eigenvalue weighted by Crippen LogP contribution is 2.34. The van der Waals surface area contributed by atoms with Crippen LogP contribution in [0.4, 0.5) is 5.13 Å². The maximum atomic E-state index is 12.4. The number of furan rings is 1. The van der Waals surface area contributed by atoms with E-state index in [1.807, 2.05) is 47.8 Å². The first-order chi connectivity index (χ1) is 12.7. The normalized spacial score (nSPS) is 10.8. The zero-order chi connectivity index (χ0) is 18.1. The average Bonchev–Trinajstić information content (AvgIpc) is 3.28. The fourth-order valence-corrected chi connectivity index (χ4v) is 3.90. The van der Waals surface area contributed by atoms with Gasteiger partial charge in [0.1, 0.15) is 5.69 Å². The van der Waals surface area contributed by atoms with Crippen LogP contribution < -0.4 is 10.1 Å². The van der Waals surface area contributed by atoms with E-state index in [4.69, 9.17) is 9.15 Å². The first-order valence-electron chi connectivity index (χ1n) is 7.74. The van der Waals surface area contributed by atoms with Crippen molar-refractivity contribution in [2.45, 2.75) is 0 Å². The quantitative estimate of drug-likeness (QED) is 0.400. The first-order valence-corrected chi connectivity index (χ1v) is 9.70. The zero-order valence-corrected chi connectivity index (χ0v) is 16.6. The number of para-hydroxylation sites is 1. The largest absolute Gasteiger partial charge is 0.493 e. The van der Waals surface area contributed by atoms with Gasteiger partial charge in [-0.05, 0) is 46.9 Å². The number of thiazole rings is 1. The standard InChI is InChI=1S/C19H13IN2O3S/c1-24-15-8-4-5-11-9-16(25-17(11)15)14-10-26-19(21-14)22-18(23)12-6-2-3-7-13(12)20/h2-10H,1H3,(H,21,22,23). The van der Waals surface area contributed by atoms with E-state index in [-0.39, 0.29) is 5.91 Å². The minimum Gasteiger partial charge on any atom is -0.493 e. The summed E-state index contributed by atoms with van der Waals surface area (Å²) in [6, 6.07) is 15.1. The molecule has 4 rings (SSSR count). The van der Waals surface area contributed by atoms with Crippen molar-refractivity contribution >= 4 is 55.9 Å². The zero-order valence-electron chi connectivity index (χ0n) is 13.7. The Morgan fingerprint density at radius 2 is 2.08 bits per heavy atom. The Labute approximate surface area is 167 Å². The highest BCUT2D eigenvalue weighted by atomic mass is 127. The van der Waals surface area contributed by atoms with Crippen LogP contribution in [0.25, 0.3) is 22.4 Å². The topological polar surface area (TPSA) is 64.4 Å². The molecule has 1 N–H and O–H groups in total. The molecule has 0 radical (unpaired) electrons. The third kappa shape index (κ3) is 3.19. The number of rotatable bonds is 4. The molecule has 130 valence electrons. The van der Waals surface area contributed by atoms with E-state index in [1.54, 1.807) is 13.2 Å². The summed E-state index contributed by atoms with van der Waals surface area (Å²) in [6.07, 6.45) is 0. The Hall–Kier alpha value is -2.39. The van der Waals surface area contributed by atoms with Crippen molar-refractivity contribution in [3.05, 3.63) is 63.0 Å². The highest BCUT2D eigenvalue weighted by Gasteiger charge is 2.15. The molecule has 0 aliphatic heterocycles. The highest BCUT2D eigenvalue weighted by molar-refractivity contribution is 14.1. The van der Waals surface area contributed by atoms with Gasteiger partial charge in [-0.2, -0.15) is 0 Å². The number of amides is 1. The van der Waals surface area contributed by atoms with Crippen LogP contribution in [-0.4, -0.2) is 18.0 Å². The molecule has 0 unspecified atom stereocenters. The number of methoxy groups -OCH3 is 1. The van der Waals surface area contributed by atoms with Gasteiger partial charge in [0, 0.05) is 14.3 Å². The smallest absolute Gasteiger partial charge is 0.258 e. The number of aromatic nitrogens is 1. The molecule has 26 heavy (non-hydrogen) atoms. The number of hydrogen-bond acceptors (Lipinski definition) is 5. The van der Waals surface area contributed by atoms with Crippen molar-refractivity contribution in [2.24, 2.45) is 0 Å². The molecule has 0 aliphatic carbocycles. The third-order valence-electron chi connectivity index (χ3n) is 3.82. The number of ether oxygens (including phenoxy) is 1. The monoisotopic (exact) mass is 476 g/mol. The lowest BCUT2D eigenvalue weighted by Gasteiger charge is -2.03. The molecule has 2 aromatic carbocycles. The predicted molar refractivity (Wildman–Crippen MR) is 111 cm³/mol. The summed E-state index contributed by atoms with van der Waals surface area (Å²) in [5.74, 6) is 1.13. The fourth-order valence-electron chi connectivity index (χ4n) is 2.58. The number of carbonyl (C=O) groups excluding carboxylic acids is 1. The Balaban J connectivity index is 1.60. The van der Waals surface area contributed by atoms with Gasteiger partial charge in [0.25, 0.3) is 5.91 Å². The molecule has 2 heterocycles. The van der Waals surface area contributed by atoms with E-state index in [0.717, 1.165) is 8.96 Å². The first kappa shape index (κ1) is 17.0. The van der Waals surface area contributed by atoms with Gasteiger partial charge >= 0.3 is 0 Å². The predicted octanol–water partition coefficient (Wildman–Crippen LogP) is 5.42. The van der Waals surface area contributed by atoms with Crippen LogP contribution in [0.1, 0.15) is 10.4 Å². The Kier molecular flexibility index (Phi) is 4.64. The minimum absolute atomic E-state index is 0.179. The lowest BCUT2D eigenvalue weighted by molar-refractivity contribution is 0.102. The molecule has 5 nitrogen and oxygen atoms in total. The van der Waals surface area contributed by atoms with Gasteiger partial charge in [0.15, 0.2) is 22.2 Å². The molecule has 4 aromatic rings. The van der Waals surface area contributed by atoms with Gasteiger partial charge in [-0.1, -0.05) is 24.3 Å². The third-order valence-corrected chi connectivity index (χ3v) is 5.52. The van der Waals surface area contributed by atoms with Crippen molar-refractivity contribution in [1.82, 2.24) is 4.98 Å². The van der Waals surface area contributed by atoms with Gasteiger partial charge in [0.2, 0.25) is 0 Å². The molecule has 0 bridgehead atoms. The van der Waals surface area contributed by atoms with Crippen LogP contribution in [0.15, 0.2) is 58.3 Å². The number of nitrogens with zero attached hydrogens (tertiary/aromatic N) is 1. The number of anilines is 1. The lowest BCUT2D eigenvalue weighted by atomic mass is 10.2. The minimum atomic E-state index is -0.179. The van der Waals surface area contributed by atoms with E-state index in [2.05, 4.69) is 32.9 Å². The Bertz CT molecular complexity index is 1100. The Morgan fingerprint density at radius 3 is 2.88 bits per heavy atom. The van der Waals surface area contributed by atoms with Gasteiger partial charge in [0.05, 0.1) is 12.7 Å². The van der Waals surface area contributed by atoms with Crippen molar-refractivity contribution in [2.75, 3.05) is 12.4 Å². The van der Waals surface area contributed by atoms with E-state index in [1.165, 1.54) is 11.3 Å². The second kappa shape index (κ2) is 7.08. The molecule has 0 atom stereocenters. The average molecular weight is 476 g/mol.